The van der Waals surface area contributed by atoms with E-state index in [4.69, 9.17) is 4.42 Å². The lowest BCUT2D eigenvalue weighted by molar-refractivity contribution is 0.590. The maximum Gasteiger partial charge on any atom is 0.197 e. The number of furan rings is 1. The molecule has 1 radical (unpaired) electrons. The standard InChI is InChI=1S/C56H40BN2OS2/c1-56(2,3)32-20-22-33(23-21-32)58-42-27-38-35-15-7-10-18-47(35)61-49(38)28-39(42)50-51-36-16-8-11-19-48(36)62-55(51)52-40-24-30-12-4-5-13-31(30)25-43(40)59-44-29-46-37(26-41(44)57-53(50)54(52)59)34-14-6-9-17-45(34)60-46/h6-11,14-29,58H,4-5,12-13H2,1-3H3. The summed E-state index contributed by atoms with van der Waals surface area (Å²) in [6, 6.07) is 50.3. The summed E-state index contributed by atoms with van der Waals surface area (Å²) in [6.07, 6.45) is 4.77. The van der Waals surface area contributed by atoms with Crippen molar-refractivity contribution in [1.82, 2.24) is 4.57 Å². The van der Waals surface area contributed by atoms with Crippen molar-refractivity contribution in [1.29, 1.82) is 0 Å². The second kappa shape index (κ2) is 12.6. The minimum Gasteiger partial charge on any atom is -0.456 e. The minimum absolute atomic E-state index is 0.0695. The van der Waals surface area contributed by atoms with Gasteiger partial charge in [0.25, 0.3) is 0 Å². The van der Waals surface area contributed by atoms with Crippen LogP contribution < -0.4 is 16.2 Å². The molecule has 12 aromatic rings. The number of aromatic nitrogens is 1. The number of thiophene rings is 2. The number of nitrogens with one attached hydrogen (secondary N) is 1. The zero-order valence-electron chi connectivity index (χ0n) is 34.8. The van der Waals surface area contributed by atoms with Gasteiger partial charge in [-0.1, -0.05) is 99.0 Å². The zero-order valence-corrected chi connectivity index (χ0v) is 36.4. The van der Waals surface area contributed by atoms with Crippen molar-refractivity contribution in [2.24, 2.45) is 0 Å². The van der Waals surface area contributed by atoms with Gasteiger partial charge in [0.2, 0.25) is 0 Å². The normalized spacial score (nSPS) is 13.9. The Labute approximate surface area is 367 Å². The molecule has 2 aliphatic rings. The first-order valence-electron chi connectivity index (χ1n) is 21.9. The van der Waals surface area contributed by atoms with Gasteiger partial charge in [-0.15, -0.1) is 22.7 Å². The lowest BCUT2D eigenvalue weighted by Gasteiger charge is -2.25. The molecule has 14 rings (SSSR count). The first-order chi connectivity index (χ1) is 30.3. The maximum absolute atomic E-state index is 6.62. The second-order valence-corrected chi connectivity index (χ2v) is 20.7. The number of aryl methyl sites for hydroxylation is 2. The average Bonchev–Trinajstić information content (AvgIpc) is 4.04. The van der Waals surface area contributed by atoms with E-state index < -0.39 is 0 Å². The molecule has 3 nitrogen and oxygen atoms in total. The van der Waals surface area contributed by atoms with Crippen LogP contribution in [0.15, 0.2) is 138 Å². The molecule has 0 unspecified atom stereocenters. The second-order valence-electron chi connectivity index (χ2n) is 18.6. The Balaban J connectivity index is 1.15. The summed E-state index contributed by atoms with van der Waals surface area (Å²) >= 11 is 3.85. The van der Waals surface area contributed by atoms with Crippen molar-refractivity contribution in [2.75, 3.05) is 5.32 Å². The van der Waals surface area contributed by atoms with Gasteiger partial charge < -0.3 is 14.3 Å². The Morgan fingerprint density at radius 3 is 2.15 bits per heavy atom. The van der Waals surface area contributed by atoms with E-state index in [9.17, 15) is 0 Å². The number of para-hydroxylation sites is 1. The largest absolute Gasteiger partial charge is 0.456 e. The molecular weight excluding hydrogens is 792 g/mol. The molecule has 1 N–H and O–H groups in total. The molecule has 6 heteroatoms. The third-order valence-corrected chi connectivity index (χ3v) is 16.2. The molecule has 1 aliphatic carbocycles. The van der Waals surface area contributed by atoms with Gasteiger partial charge in [0.15, 0.2) is 7.28 Å². The summed E-state index contributed by atoms with van der Waals surface area (Å²) < 4.78 is 14.5. The van der Waals surface area contributed by atoms with Crippen LogP contribution in [0.5, 0.6) is 0 Å². The number of benzene rings is 8. The highest BCUT2D eigenvalue weighted by atomic mass is 32.1. The van der Waals surface area contributed by atoms with Crippen LogP contribution in [0.4, 0.5) is 11.4 Å². The van der Waals surface area contributed by atoms with E-state index in [0.29, 0.717) is 0 Å². The van der Waals surface area contributed by atoms with E-state index >= 15 is 0 Å². The minimum atomic E-state index is 0.0695. The number of anilines is 2. The molecule has 0 amide bonds. The van der Waals surface area contributed by atoms with Crippen molar-refractivity contribution in [3.63, 3.8) is 0 Å². The summed E-state index contributed by atoms with van der Waals surface area (Å²) in [4.78, 5) is 0. The van der Waals surface area contributed by atoms with E-state index in [-0.39, 0.29) is 5.41 Å². The molecule has 0 atom stereocenters. The first-order valence-corrected chi connectivity index (χ1v) is 23.6. The lowest BCUT2D eigenvalue weighted by atomic mass is 9.58. The predicted octanol–water partition coefficient (Wildman–Crippen LogP) is 15.0. The van der Waals surface area contributed by atoms with Gasteiger partial charge in [-0.05, 0) is 113 Å². The highest BCUT2D eigenvalue weighted by Gasteiger charge is 2.33. The monoisotopic (exact) mass is 831 g/mol. The zero-order chi connectivity index (χ0) is 41.0. The number of hydrogen-bond donors (Lipinski definition) is 1. The van der Waals surface area contributed by atoms with Crippen molar-refractivity contribution in [2.45, 2.75) is 51.9 Å². The molecule has 5 heterocycles. The van der Waals surface area contributed by atoms with Crippen LogP contribution in [0.1, 0.15) is 50.3 Å². The summed E-state index contributed by atoms with van der Waals surface area (Å²) in [5, 5.41) is 14.3. The van der Waals surface area contributed by atoms with Gasteiger partial charge >= 0.3 is 0 Å². The fraction of sp³-hybridized carbons (Fsp3) is 0.143. The van der Waals surface area contributed by atoms with Crippen molar-refractivity contribution in [3.05, 3.63) is 150 Å². The quantitative estimate of drug-likeness (QED) is 0.180. The SMILES string of the molecule is CC(C)(C)c1ccc(Nc2cc3c(cc2-c2c4c5c(c6cc7c(cc6n5-c5cc6oc8ccccc8c6cc5[B]4)CCCC7)c4sc5ccccc5c24)sc2ccccc23)cc1. The van der Waals surface area contributed by atoms with Gasteiger partial charge in [-0.2, -0.15) is 0 Å². The van der Waals surface area contributed by atoms with Crippen LogP contribution in [-0.2, 0) is 18.3 Å². The summed E-state index contributed by atoms with van der Waals surface area (Å²) in [7, 11) is 2.51. The Morgan fingerprint density at radius 1 is 0.613 bits per heavy atom. The highest BCUT2D eigenvalue weighted by Crippen LogP contribution is 2.51. The van der Waals surface area contributed by atoms with Crippen molar-refractivity contribution >= 4 is 136 Å². The lowest BCUT2D eigenvalue weighted by Crippen LogP contribution is -2.37. The fourth-order valence-corrected chi connectivity index (χ4v) is 13.3. The van der Waals surface area contributed by atoms with Crippen molar-refractivity contribution < 1.29 is 4.42 Å². The van der Waals surface area contributed by atoms with Crippen LogP contribution in [0, 0.1) is 0 Å². The fourth-order valence-electron chi connectivity index (χ4n) is 10.9. The number of fused-ring (bicyclic) bond motifs is 16. The Morgan fingerprint density at radius 2 is 1.34 bits per heavy atom. The number of nitrogens with zero attached hydrogens (tertiary/aromatic N) is 1. The van der Waals surface area contributed by atoms with Crippen LogP contribution in [0.2, 0.25) is 0 Å². The van der Waals surface area contributed by atoms with Gasteiger partial charge in [0.1, 0.15) is 11.2 Å². The average molecular weight is 832 g/mol. The number of hydrogen-bond acceptors (Lipinski definition) is 4. The molecule has 8 aromatic carbocycles. The molecule has 0 spiro atoms. The molecule has 0 saturated heterocycles. The van der Waals surface area contributed by atoms with Crippen LogP contribution in [-0.4, -0.2) is 11.8 Å². The van der Waals surface area contributed by atoms with Gasteiger partial charge in [-0.25, -0.2) is 0 Å². The molecule has 0 bridgehead atoms. The molecule has 0 fully saturated rings. The summed E-state index contributed by atoms with van der Waals surface area (Å²) in [6.45, 7) is 6.85. The molecule has 4 aromatic heterocycles. The van der Waals surface area contributed by atoms with Crippen LogP contribution in [0.25, 0.3) is 101 Å². The third-order valence-electron chi connectivity index (χ3n) is 13.9. The molecular formula is C56H40BN2OS2. The maximum atomic E-state index is 6.62. The predicted molar refractivity (Wildman–Crippen MR) is 269 cm³/mol. The van der Waals surface area contributed by atoms with E-state index in [2.05, 4.69) is 171 Å². The van der Waals surface area contributed by atoms with Gasteiger partial charge in [0.05, 0.1) is 11.0 Å². The van der Waals surface area contributed by atoms with E-state index in [0.717, 1.165) is 46.2 Å². The number of rotatable bonds is 3. The van der Waals surface area contributed by atoms with Gasteiger partial charge in [0, 0.05) is 90.6 Å². The Bertz CT molecular complexity index is 3910. The molecule has 62 heavy (non-hydrogen) atoms. The highest BCUT2D eigenvalue weighted by molar-refractivity contribution is 7.27. The Hall–Kier alpha value is -6.34. The molecule has 295 valence electrons. The van der Waals surface area contributed by atoms with Crippen molar-refractivity contribution in [3.8, 4) is 16.8 Å². The third kappa shape index (κ3) is 4.94. The molecule has 0 saturated carbocycles. The van der Waals surface area contributed by atoms with Crippen LogP contribution >= 0.6 is 22.7 Å². The topological polar surface area (TPSA) is 30.1 Å². The van der Waals surface area contributed by atoms with E-state index in [1.165, 1.54) is 119 Å². The van der Waals surface area contributed by atoms with E-state index in [1.807, 2.05) is 22.7 Å². The molecule has 1 aliphatic heterocycles. The Kier molecular flexibility index (Phi) is 7.18. The summed E-state index contributed by atoms with van der Waals surface area (Å²) in [5.74, 6) is 0. The van der Waals surface area contributed by atoms with Crippen LogP contribution in [0.3, 0.4) is 0 Å². The van der Waals surface area contributed by atoms with E-state index in [1.54, 1.807) is 0 Å². The smallest absolute Gasteiger partial charge is 0.197 e. The van der Waals surface area contributed by atoms with Gasteiger partial charge in [-0.3, -0.25) is 0 Å². The summed E-state index contributed by atoms with van der Waals surface area (Å²) in [5.41, 5.74) is 17.2. The first kappa shape index (κ1) is 35.3.